The lowest BCUT2D eigenvalue weighted by molar-refractivity contribution is -0.120. The van der Waals surface area contributed by atoms with Gasteiger partial charge in [0.05, 0.1) is 5.75 Å². The third-order valence-electron chi connectivity index (χ3n) is 1.92. The predicted octanol–water partition coefficient (Wildman–Crippen LogP) is 0.160. The lowest BCUT2D eigenvalue weighted by Crippen LogP contribution is -2.52. The molecule has 0 saturated heterocycles. The third kappa shape index (κ3) is 4.11. The van der Waals surface area contributed by atoms with Crippen molar-refractivity contribution >= 4 is 23.5 Å². The summed E-state index contributed by atoms with van der Waals surface area (Å²) in [7, 11) is 1.69. The molecule has 0 spiro atoms. The number of hydrogen-bond acceptors (Lipinski definition) is 4. The standard InChI is InChI=1S/C9H18N2O2S/c1-6(12)5-14-9(2,3)7(11-4)8(10)13/h7,11H,5H2,1-4H3,(H2,10,13). The quantitative estimate of drug-likeness (QED) is 0.666. The molecular formula is C9H18N2O2S. The van der Waals surface area contributed by atoms with E-state index in [1.54, 1.807) is 7.05 Å². The van der Waals surface area contributed by atoms with Gasteiger partial charge in [0.25, 0.3) is 0 Å². The second-order valence-corrected chi connectivity index (χ2v) is 5.35. The number of Topliss-reactive ketones (excluding diaryl/α,β-unsaturated/α-hetero) is 1. The van der Waals surface area contributed by atoms with E-state index in [1.165, 1.54) is 18.7 Å². The highest BCUT2D eigenvalue weighted by Gasteiger charge is 2.33. The molecule has 0 bridgehead atoms. The molecule has 0 aliphatic rings. The van der Waals surface area contributed by atoms with Crippen LogP contribution in [0.1, 0.15) is 20.8 Å². The van der Waals surface area contributed by atoms with Crippen molar-refractivity contribution in [2.75, 3.05) is 12.8 Å². The fourth-order valence-corrected chi connectivity index (χ4v) is 2.18. The average Bonchev–Trinajstić information content (AvgIpc) is 2.01. The van der Waals surface area contributed by atoms with Crippen molar-refractivity contribution in [3.63, 3.8) is 0 Å². The van der Waals surface area contributed by atoms with E-state index in [-0.39, 0.29) is 10.5 Å². The van der Waals surface area contributed by atoms with Crippen LogP contribution in [0.2, 0.25) is 0 Å². The minimum atomic E-state index is -0.424. The molecule has 0 fully saturated rings. The molecule has 0 heterocycles. The minimum absolute atomic E-state index is 0.0994. The van der Waals surface area contributed by atoms with E-state index >= 15 is 0 Å². The minimum Gasteiger partial charge on any atom is -0.368 e. The fraction of sp³-hybridized carbons (Fsp3) is 0.778. The molecule has 4 nitrogen and oxygen atoms in total. The van der Waals surface area contributed by atoms with Gasteiger partial charge in [-0.1, -0.05) is 0 Å². The molecule has 1 amide bonds. The second kappa shape index (κ2) is 5.36. The van der Waals surface area contributed by atoms with Crippen molar-refractivity contribution < 1.29 is 9.59 Å². The highest BCUT2D eigenvalue weighted by Crippen LogP contribution is 2.27. The van der Waals surface area contributed by atoms with Gasteiger partial charge >= 0.3 is 0 Å². The fourth-order valence-electron chi connectivity index (χ4n) is 1.20. The van der Waals surface area contributed by atoms with Gasteiger partial charge in [0.1, 0.15) is 11.8 Å². The first-order valence-electron chi connectivity index (χ1n) is 4.41. The maximum atomic E-state index is 11.1. The summed E-state index contributed by atoms with van der Waals surface area (Å²) in [6.07, 6.45) is 0. The molecule has 0 rings (SSSR count). The predicted molar refractivity (Wildman–Crippen MR) is 59.3 cm³/mol. The highest BCUT2D eigenvalue weighted by molar-refractivity contribution is 8.01. The van der Waals surface area contributed by atoms with Crippen molar-refractivity contribution in [3.8, 4) is 0 Å². The first-order valence-corrected chi connectivity index (χ1v) is 5.39. The molecule has 0 aliphatic carbocycles. The second-order valence-electron chi connectivity index (χ2n) is 3.72. The Balaban J connectivity index is 4.40. The zero-order valence-corrected chi connectivity index (χ0v) is 9.90. The number of nitrogens with one attached hydrogen (secondary N) is 1. The van der Waals surface area contributed by atoms with Crippen LogP contribution in [0.3, 0.4) is 0 Å². The molecule has 0 aliphatic heterocycles. The number of hydrogen-bond donors (Lipinski definition) is 2. The summed E-state index contributed by atoms with van der Waals surface area (Å²) in [5, 5.41) is 2.86. The van der Waals surface area contributed by atoms with Crippen LogP contribution in [0.5, 0.6) is 0 Å². The number of carbonyl (C=O) groups excluding carboxylic acids is 2. The summed E-state index contributed by atoms with van der Waals surface area (Å²) in [4.78, 5) is 21.9. The van der Waals surface area contributed by atoms with Gasteiger partial charge in [0.2, 0.25) is 5.91 Å². The summed E-state index contributed by atoms with van der Waals surface area (Å²) in [5.41, 5.74) is 5.24. The van der Waals surface area contributed by atoms with E-state index in [2.05, 4.69) is 5.32 Å². The van der Waals surface area contributed by atoms with Crippen LogP contribution in [-0.4, -0.2) is 35.3 Å². The SMILES string of the molecule is CNC(C(N)=O)C(C)(C)SCC(C)=O. The molecule has 82 valence electrons. The van der Waals surface area contributed by atoms with Crippen LogP contribution in [0.25, 0.3) is 0 Å². The van der Waals surface area contributed by atoms with Crippen molar-refractivity contribution in [2.45, 2.75) is 31.6 Å². The number of likely N-dealkylation sites (N-methyl/N-ethyl adjacent to an activating group) is 1. The summed E-state index contributed by atoms with van der Waals surface area (Å²) >= 11 is 1.43. The molecule has 0 aromatic rings. The summed E-state index contributed by atoms with van der Waals surface area (Å²) in [6.45, 7) is 5.32. The molecule has 0 radical (unpaired) electrons. The topological polar surface area (TPSA) is 72.2 Å². The van der Waals surface area contributed by atoms with Crippen LogP contribution >= 0.6 is 11.8 Å². The van der Waals surface area contributed by atoms with Crippen LogP contribution in [0.15, 0.2) is 0 Å². The van der Waals surface area contributed by atoms with Crippen molar-refractivity contribution in [3.05, 3.63) is 0 Å². The lowest BCUT2D eigenvalue weighted by Gasteiger charge is -2.30. The number of ketones is 1. The first kappa shape index (κ1) is 13.4. The Labute approximate surface area is 89.0 Å². The Morgan fingerprint density at radius 3 is 2.29 bits per heavy atom. The van der Waals surface area contributed by atoms with Crippen LogP contribution in [0, 0.1) is 0 Å². The molecular weight excluding hydrogens is 200 g/mol. The molecule has 14 heavy (non-hydrogen) atoms. The molecule has 5 heteroatoms. The van der Waals surface area contributed by atoms with Crippen molar-refractivity contribution in [1.29, 1.82) is 0 Å². The maximum Gasteiger partial charge on any atom is 0.235 e. The van der Waals surface area contributed by atoms with Crippen LogP contribution in [-0.2, 0) is 9.59 Å². The van der Waals surface area contributed by atoms with Gasteiger partial charge in [-0.2, -0.15) is 0 Å². The number of rotatable bonds is 6. The Morgan fingerprint density at radius 1 is 1.50 bits per heavy atom. The van der Waals surface area contributed by atoms with Gasteiger partial charge in [-0.15, -0.1) is 11.8 Å². The number of nitrogens with two attached hydrogens (primary N) is 1. The monoisotopic (exact) mass is 218 g/mol. The average molecular weight is 218 g/mol. The smallest absolute Gasteiger partial charge is 0.235 e. The Kier molecular flexibility index (Phi) is 5.15. The Bertz CT molecular complexity index is 229. The summed E-state index contributed by atoms with van der Waals surface area (Å²) in [5.74, 6) is 0.106. The van der Waals surface area contributed by atoms with Gasteiger partial charge < -0.3 is 11.1 Å². The van der Waals surface area contributed by atoms with Gasteiger partial charge in [-0.3, -0.25) is 9.59 Å². The van der Waals surface area contributed by atoms with E-state index in [1.807, 2.05) is 13.8 Å². The molecule has 1 unspecified atom stereocenters. The van der Waals surface area contributed by atoms with Gasteiger partial charge in [0, 0.05) is 4.75 Å². The first-order chi connectivity index (χ1) is 6.31. The number of primary amides is 1. The molecule has 0 aromatic carbocycles. The van der Waals surface area contributed by atoms with Crippen molar-refractivity contribution in [2.24, 2.45) is 5.73 Å². The van der Waals surface area contributed by atoms with Gasteiger partial charge in [-0.05, 0) is 27.8 Å². The summed E-state index contributed by atoms with van der Waals surface area (Å²) < 4.78 is -0.369. The number of carbonyl (C=O) groups is 2. The Morgan fingerprint density at radius 2 is 2.00 bits per heavy atom. The summed E-state index contributed by atoms with van der Waals surface area (Å²) in [6, 6.07) is -0.424. The van der Waals surface area contributed by atoms with Crippen LogP contribution in [0.4, 0.5) is 0 Å². The van der Waals surface area contributed by atoms with Crippen LogP contribution < -0.4 is 11.1 Å². The molecule has 0 aromatic heterocycles. The third-order valence-corrected chi connectivity index (χ3v) is 3.45. The van der Waals surface area contributed by atoms with E-state index in [0.717, 1.165) is 0 Å². The zero-order chi connectivity index (χ0) is 11.4. The maximum absolute atomic E-state index is 11.1. The number of thioether (sulfide) groups is 1. The van der Waals surface area contributed by atoms with E-state index in [9.17, 15) is 9.59 Å². The van der Waals surface area contributed by atoms with E-state index < -0.39 is 11.9 Å². The number of amides is 1. The zero-order valence-electron chi connectivity index (χ0n) is 9.09. The Hall–Kier alpha value is -0.550. The van der Waals surface area contributed by atoms with E-state index in [0.29, 0.717) is 5.75 Å². The molecule has 1 atom stereocenters. The molecule has 3 N–H and O–H groups in total. The van der Waals surface area contributed by atoms with Gasteiger partial charge in [0.15, 0.2) is 0 Å². The van der Waals surface area contributed by atoms with E-state index in [4.69, 9.17) is 5.73 Å². The normalized spacial score (nSPS) is 13.7. The largest absolute Gasteiger partial charge is 0.368 e. The van der Waals surface area contributed by atoms with Gasteiger partial charge in [-0.25, -0.2) is 0 Å². The highest BCUT2D eigenvalue weighted by atomic mass is 32.2. The van der Waals surface area contributed by atoms with Crippen molar-refractivity contribution in [1.82, 2.24) is 5.32 Å². The lowest BCUT2D eigenvalue weighted by atomic mass is 10.0. The molecule has 0 saturated carbocycles.